The Balaban J connectivity index is 2.21. The minimum Gasteiger partial charge on any atom is -0.505 e. The van der Waals surface area contributed by atoms with Crippen molar-refractivity contribution in [2.24, 2.45) is 0 Å². The Morgan fingerprint density at radius 1 is 0.692 bits per heavy atom. The number of aromatic hydroxyl groups is 2. The predicted molar refractivity (Wildman–Crippen MR) is 100 cm³/mol. The largest absolute Gasteiger partial charge is 0.505 e. The Kier molecular flexibility index (Phi) is 3.50. The molecule has 0 spiro atoms. The third kappa shape index (κ3) is 2.26. The van der Waals surface area contributed by atoms with Gasteiger partial charge in [-0.25, -0.2) is 9.36 Å². The zero-order chi connectivity index (χ0) is 18.6. The van der Waals surface area contributed by atoms with Crippen LogP contribution >= 0.6 is 0 Å². The van der Waals surface area contributed by atoms with Crippen LogP contribution in [0, 0.1) is 27.7 Å². The van der Waals surface area contributed by atoms with Gasteiger partial charge in [-0.05, 0) is 39.8 Å². The second-order valence-corrected chi connectivity index (χ2v) is 6.62. The minimum atomic E-state index is 0.0622. The predicted octanol–water partition coefficient (Wildman–Crippen LogP) is 3.86. The standard InChI is InChI=1S/C20H20N4O2/c1-11-9-13(3)23(21-11)17-18(24-14(4)10-12(2)22-24)20(26)16-8-6-5-7-15(16)19(17)25/h5-10,25-26H,1-4H3. The molecule has 0 aliphatic heterocycles. The Morgan fingerprint density at radius 3 is 1.38 bits per heavy atom. The second-order valence-electron chi connectivity index (χ2n) is 6.62. The number of nitrogens with zero attached hydrogens (tertiary/aromatic N) is 4. The molecule has 2 N–H and O–H groups in total. The van der Waals surface area contributed by atoms with Crippen molar-refractivity contribution >= 4 is 10.8 Å². The number of phenolic OH excluding ortho intramolecular Hbond substituents is 2. The summed E-state index contributed by atoms with van der Waals surface area (Å²) in [6, 6.07) is 11.1. The van der Waals surface area contributed by atoms with E-state index in [1.807, 2.05) is 52.0 Å². The van der Waals surface area contributed by atoms with Crippen LogP contribution in [0.1, 0.15) is 22.8 Å². The molecule has 6 heteroatoms. The first-order valence-corrected chi connectivity index (χ1v) is 8.42. The average molecular weight is 348 g/mol. The second kappa shape index (κ2) is 5.62. The molecule has 4 rings (SSSR count). The molecule has 4 aromatic rings. The highest BCUT2D eigenvalue weighted by molar-refractivity contribution is 6.00. The number of rotatable bonds is 2. The van der Waals surface area contributed by atoms with Crippen molar-refractivity contribution in [3.05, 3.63) is 59.2 Å². The van der Waals surface area contributed by atoms with Crippen LogP contribution in [0.4, 0.5) is 0 Å². The van der Waals surface area contributed by atoms with E-state index < -0.39 is 0 Å². The molecule has 0 bridgehead atoms. The maximum Gasteiger partial charge on any atom is 0.151 e. The third-order valence-corrected chi connectivity index (χ3v) is 4.55. The molecule has 2 heterocycles. The molecule has 6 nitrogen and oxygen atoms in total. The van der Waals surface area contributed by atoms with Crippen molar-refractivity contribution in [2.45, 2.75) is 27.7 Å². The SMILES string of the molecule is Cc1cc(C)n(-c2c(-n3nc(C)cc3C)c(O)c3ccccc3c2O)n1. The van der Waals surface area contributed by atoms with Gasteiger partial charge in [0.1, 0.15) is 11.4 Å². The lowest BCUT2D eigenvalue weighted by Gasteiger charge is -2.18. The highest BCUT2D eigenvalue weighted by atomic mass is 16.3. The molecule has 0 atom stereocenters. The summed E-state index contributed by atoms with van der Waals surface area (Å²) in [5.74, 6) is 0.124. The van der Waals surface area contributed by atoms with Gasteiger partial charge in [-0.3, -0.25) is 0 Å². The highest BCUT2D eigenvalue weighted by Crippen LogP contribution is 2.44. The van der Waals surface area contributed by atoms with Crippen molar-refractivity contribution < 1.29 is 10.2 Å². The number of hydrogen-bond donors (Lipinski definition) is 2. The van der Waals surface area contributed by atoms with E-state index in [1.54, 1.807) is 21.5 Å². The fourth-order valence-corrected chi connectivity index (χ4v) is 3.49. The molecule has 26 heavy (non-hydrogen) atoms. The average Bonchev–Trinajstić information content (AvgIpc) is 3.11. The quantitative estimate of drug-likeness (QED) is 0.539. The summed E-state index contributed by atoms with van der Waals surface area (Å²) in [5.41, 5.74) is 4.20. The maximum atomic E-state index is 11.1. The van der Waals surface area contributed by atoms with Crippen LogP contribution in [0.5, 0.6) is 11.5 Å². The highest BCUT2D eigenvalue weighted by Gasteiger charge is 2.25. The van der Waals surface area contributed by atoms with E-state index in [0.717, 1.165) is 22.8 Å². The fourth-order valence-electron chi connectivity index (χ4n) is 3.49. The molecule has 0 aliphatic rings. The first-order valence-electron chi connectivity index (χ1n) is 8.42. The summed E-state index contributed by atoms with van der Waals surface area (Å²) in [6.45, 7) is 7.61. The molecular formula is C20H20N4O2. The van der Waals surface area contributed by atoms with Gasteiger partial charge in [0.2, 0.25) is 0 Å². The van der Waals surface area contributed by atoms with Crippen LogP contribution < -0.4 is 0 Å². The summed E-state index contributed by atoms with van der Waals surface area (Å²) >= 11 is 0. The fraction of sp³-hybridized carbons (Fsp3) is 0.200. The van der Waals surface area contributed by atoms with E-state index in [-0.39, 0.29) is 11.5 Å². The smallest absolute Gasteiger partial charge is 0.151 e. The van der Waals surface area contributed by atoms with E-state index in [4.69, 9.17) is 0 Å². The number of phenols is 2. The minimum absolute atomic E-state index is 0.0622. The van der Waals surface area contributed by atoms with Gasteiger partial charge in [0.25, 0.3) is 0 Å². The van der Waals surface area contributed by atoms with Crippen molar-refractivity contribution in [1.29, 1.82) is 0 Å². The third-order valence-electron chi connectivity index (χ3n) is 4.55. The van der Waals surface area contributed by atoms with Gasteiger partial charge in [0.05, 0.1) is 11.4 Å². The van der Waals surface area contributed by atoms with Crippen LogP contribution in [-0.4, -0.2) is 29.8 Å². The molecule has 2 aromatic carbocycles. The lowest BCUT2D eigenvalue weighted by atomic mass is 10.0. The molecule has 0 fully saturated rings. The molecule has 0 saturated carbocycles. The van der Waals surface area contributed by atoms with Gasteiger partial charge in [0, 0.05) is 22.2 Å². The zero-order valence-corrected chi connectivity index (χ0v) is 15.1. The molecule has 132 valence electrons. The Hall–Kier alpha value is -3.28. The summed E-state index contributed by atoms with van der Waals surface area (Å²) in [7, 11) is 0. The topological polar surface area (TPSA) is 76.1 Å². The van der Waals surface area contributed by atoms with Crippen molar-refractivity contribution in [3.63, 3.8) is 0 Å². The Labute approximate surface area is 150 Å². The van der Waals surface area contributed by atoms with Crippen LogP contribution in [0.25, 0.3) is 22.1 Å². The summed E-state index contributed by atoms with van der Waals surface area (Å²) < 4.78 is 3.31. The Morgan fingerprint density at radius 2 is 1.08 bits per heavy atom. The molecule has 0 saturated heterocycles. The number of fused-ring (bicyclic) bond motifs is 1. The normalized spacial score (nSPS) is 11.4. The van der Waals surface area contributed by atoms with Gasteiger partial charge in [0.15, 0.2) is 11.5 Å². The van der Waals surface area contributed by atoms with Crippen molar-refractivity contribution in [3.8, 4) is 22.9 Å². The number of aryl methyl sites for hydroxylation is 4. The van der Waals surface area contributed by atoms with Crippen LogP contribution in [0.2, 0.25) is 0 Å². The number of aromatic nitrogens is 4. The number of benzene rings is 2. The van der Waals surface area contributed by atoms with E-state index in [0.29, 0.717) is 22.1 Å². The van der Waals surface area contributed by atoms with Crippen molar-refractivity contribution in [1.82, 2.24) is 19.6 Å². The Bertz CT molecular complexity index is 1060. The van der Waals surface area contributed by atoms with Gasteiger partial charge < -0.3 is 10.2 Å². The first kappa shape index (κ1) is 16.2. The monoisotopic (exact) mass is 348 g/mol. The van der Waals surface area contributed by atoms with Gasteiger partial charge in [-0.1, -0.05) is 24.3 Å². The molecular weight excluding hydrogens is 328 g/mol. The van der Waals surface area contributed by atoms with Gasteiger partial charge >= 0.3 is 0 Å². The van der Waals surface area contributed by atoms with E-state index in [9.17, 15) is 10.2 Å². The van der Waals surface area contributed by atoms with Crippen molar-refractivity contribution in [2.75, 3.05) is 0 Å². The molecule has 0 radical (unpaired) electrons. The van der Waals surface area contributed by atoms with Gasteiger partial charge in [-0.15, -0.1) is 0 Å². The summed E-state index contributed by atoms with van der Waals surface area (Å²) in [6.07, 6.45) is 0. The molecule has 0 unspecified atom stereocenters. The van der Waals surface area contributed by atoms with E-state index >= 15 is 0 Å². The first-order chi connectivity index (χ1) is 12.4. The number of hydrogen-bond acceptors (Lipinski definition) is 4. The van der Waals surface area contributed by atoms with Crippen LogP contribution in [0.3, 0.4) is 0 Å². The van der Waals surface area contributed by atoms with E-state index in [2.05, 4.69) is 10.2 Å². The van der Waals surface area contributed by atoms with Gasteiger partial charge in [-0.2, -0.15) is 10.2 Å². The lowest BCUT2D eigenvalue weighted by Crippen LogP contribution is -2.09. The summed E-state index contributed by atoms with van der Waals surface area (Å²) in [5, 5.41) is 32.3. The molecule has 0 amide bonds. The van der Waals surface area contributed by atoms with E-state index in [1.165, 1.54) is 0 Å². The maximum absolute atomic E-state index is 11.1. The van der Waals surface area contributed by atoms with Crippen LogP contribution in [0.15, 0.2) is 36.4 Å². The lowest BCUT2D eigenvalue weighted by molar-refractivity contribution is 0.460. The molecule has 2 aromatic heterocycles. The zero-order valence-electron chi connectivity index (χ0n) is 15.1. The molecule has 0 aliphatic carbocycles. The van der Waals surface area contributed by atoms with Crippen LogP contribution in [-0.2, 0) is 0 Å². The summed E-state index contributed by atoms with van der Waals surface area (Å²) in [4.78, 5) is 0.